The SMILES string of the molecule is COC(=O)c1ccccc1[C@@H](N)CCF.Cl. The van der Waals surface area contributed by atoms with E-state index in [1.807, 2.05) is 0 Å². The summed E-state index contributed by atoms with van der Waals surface area (Å²) >= 11 is 0. The van der Waals surface area contributed by atoms with Gasteiger partial charge >= 0.3 is 5.97 Å². The number of esters is 1. The summed E-state index contributed by atoms with van der Waals surface area (Å²) in [6.07, 6.45) is 0.202. The van der Waals surface area contributed by atoms with E-state index in [9.17, 15) is 9.18 Å². The lowest BCUT2D eigenvalue weighted by Gasteiger charge is -2.13. The second kappa shape index (κ2) is 7.19. The predicted molar refractivity (Wildman–Crippen MR) is 62.5 cm³/mol. The highest BCUT2D eigenvalue weighted by Gasteiger charge is 2.15. The third-order valence-electron chi connectivity index (χ3n) is 2.19. The summed E-state index contributed by atoms with van der Waals surface area (Å²) < 4.78 is 16.8. The van der Waals surface area contributed by atoms with Crippen LogP contribution in [0.15, 0.2) is 24.3 Å². The largest absolute Gasteiger partial charge is 0.465 e. The highest BCUT2D eigenvalue weighted by atomic mass is 35.5. The molecule has 0 aliphatic carbocycles. The number of benzene rings is 1. The molecule has 90 valence electrons. The van der Waals surface area contributed by atoms with Crippen molar-refractivity contribution < 1.29 is 13.9 Å². The van der Waals surface area contributed by atoms with Gasteiger partial charge in [-0.15, -0.1) is 12.4 Å². The Kier molecular flexibility index (Phi) is 6.69. The summed E-state index contributed by atoms with van der Waals surface area (Å²) in [5, 5.41) is 0. The molecule has 3 nitrogen and oxygen atoms in total. The average Bonchev–Trinajstić information content (AvgIpc) is 2.28. The number of ether oxygens (including phenoxy) is 1. The molecule has 0 aromatic heterocycles. The minimum atomic E-state index is -0.503. The first-order chi connectivity index (χ1) is 7.20. The van der Waals surface area contributed by atoms with Crippen molar-refractivity contribution in [2.24, 2.45) is 5.73 Å². The molecule has 0 saturated heterocycles. The summed E-state index contributed by atoms with van der Waals surface area (Å²) in [7, 11) is 1.31. The van der Waals surface area contributed by atoms with Crippen molar-refractivity contribution in [3.63, 3.8) is 0 Å². The van der Waals surface area contributed by atoms with Gasteiger partial charge in [0.1, 0.15) is 0 Å². The molecule has 16 heavy (non-hydrogen) atoms. The molecule has 1 atom stereocenters. The third-order valence-corrected chi connectivity index (χ3v) is 2.19. The number of carbonyl (C=O) groups is 1. The molecule has 0 saturated carbocycles. The van der Waals surface area contributed by atoms with Gasteiger partial charge in [-0.05, 0) is 18.1 Å². The Hall–Kier alpha value is -1.13. The van der Waals surface area contributed by atoms with Crippen LogP contribution >= 0.6 is 12.4 Å². The van der Waals surface area contributed by atoms with Crippen LogP contribution in [-0.2, 0) is 4.74 Å². The van der Waals surface area contributed by atoms with Gasteiger partial charge in [-0.2, -0.15) is 0 Å². The molecule has 0 radical (unpaired) electrons. The quantitative estimate of drug-likeness (QED) is 0.831. The van der Waals surface area contributed by atoms with Crippen LogP contribution in [-0.4, -0.2) is 19.8 Å². The first-order valence-electron chi connectivity index (χ1n) is 4.69. The Labute approximate surface area is 100 Å². The Morgan fingerprint density at radius 2 is 2.12 bits per heavy atom. The molecular weight excluding hydrogens is 233 g/mol. The molecule has 0 unspecified atom stereocenters. The van der Waals surface area contributed by atoms with E-state index in [4.69, 9.17) is 5.73 Å². The van der Waals surface area contributed by atoms with Crippen LogP contribution in [0.4, 0.5) is 4.39 Å². The van der Waals surface area contributed by atoms with Crippen LogP contribution in [0.2, 0.25) is 0 Å². The number of nitrogens with two attached hydrogens (primary N) is 1. The maximum Gasteiger partial charge on any atom is 0.338 e. The van der Waals surface area contributed by atoms with Crippen molar-refractivity contribution in [3.05, 3.63) is 35.4 Å². The highest BCUT2D eigenvalue weighted by Crippen LogP contribution is 2.19. The van der Waals surface area contributed by atoms with E-state index in [0.717, 1.165) is 0 Å². The monoisotopic (exact) mass is 247 g/mol. The minimum Gasteiger partial charge on any atom is -0.465 e. The Morgan fingerprint density at radius 3 is 2.69 bits per heavy atom. The molecule has 0 aliphatic heterocycles. The van der Waals surface area contributed by atoms with Crippen LogP contribution in [0.5, 0.6) is 0 Å². The second-order valence-corrected chi connectivity index (χ2v) is 3.16. The topological polar surface area (TPSA) is 52.3 Å². The molecule has 2 N–H and O–H groups in total. The average molecular weight is 248 g/mol. The fourth-order valence-corrected chi connectivity index (χ4v) is 1.39. The van der Waals surface area contributed by atoms with Crippen molar-refractivity contribution in [3.8, 4) is 0 Å². The van der Waals surface area contributed by atoms with E-state index in [1.165, 1.54) is 7.11 Å². The maximum atomic E-state index is 12.1. The zero-order chi connectivity index (χ0) is 11.3. The Bertz CT molecular complexity index is 347. The van der Waals surface area contributed by atoms with Gasteiger partial charge in [0.2, 0.25) is 0 Å². The molecule has 1 rings (SSSR count). The van der Waals surface area contributed by atoms with Crippen LogP contribution in [0.1, 0.15) is 28.4 Å². The van der Waals surface area contributed by atoms with E-state index >= 15 is 0 Å². The molecule has 5 heteroatoms. The molecular formula is C11H15ClFNO2. The van der Waals surface area contributed by atoms with Crippen LogP contribution < -0.4 is 5.73 Å². The molecule has 0 spiro atoms. The Balaban J connectivity index is 0.00000225. The van der Waals surface area contributed by atoms with Crippen molar-refractivity contribution in [2.75, 3.05) is 13.8 Å². The van der Waals surface area contributed by atoms with Gasteiger partial charge in [-0.1, -0.05) is 18.2 Å². The Morgan fingerprint density at radius 1 is 1.50 bits per heavy atom. The van der Waals surface area contributed by atoms with Crippen molar-refractivity contribution in [1.82, 2.24) is 0 Å². The number of hydrogen-bond acceptors (Lipinski definition) is 3. The minimum absolute atomic E-state index is 0. The van der Waals surface area contributed by atoms with E-state index < -0.39 is 18.7 Å². The fraction of sp³-hybridized carbons (Fsp3) is 0.364. The number of methoxy groups -OCH3 is 1. The molecule has 0 aliphatic rings. The molecule has 0 amide bonds. The zero-order valence-corrected chi connectivity index (χ0v) is 9.80. The lowest BCUT2D eigenvalue weighted by molar-refractivity contribution is 0.0598. The molecule has 1 aromatic rings. The zero-order valence-electron chi connectivity index (χ0n) is 8.98. The lowest BCUT2D eigenvalue weighted by Crippen LogP contribution is -2.16. The summed E-state index contributed by atoms with van der Waals surface area (Å²) in [4.78, 5) is 11.4. The summed E-state index contributed by atoms with van der Waals surface area (Å²) in [6, 6.07) is 6.36. The van der Waals surface area contributed by atoms with Gasteiger partial charge in [0.15, 0.2) is 0 Å². The van der Waals surface area contributed by atoms with E-state index in [1.54, 1.807) is 24.3 Å². The second-order valence-electron chi connectivity index (χ2n) is 3.16. The fourth-order valence-electron chi connectivity index (χ4n) is 1.39. The number of carbonyl (C=O) groups excluding carboxylic acids is 1. The molecule has 0 fully saturated rings. The van der Waals surface area contributed by atoms with Crippen LogP contribution in [0.3, 0.4) is 0 Å². The number of rotatable bonds is 4. The van der Waals surface area contributed by atoms with Crippen LogP contribution in [0, 0.1) is 0 Å². The first-order valence-corrected chi connectivity index (χ1v) is 4.69. The van der Waals surface area contributed by atoms with Crippen molar-refractivity contribution >= 4 is 18.4 Å². The molecule has 0 bridgehead atoms. The molecule has 0 heterocycles. The number of hydrogen-bond donors (Lipinski definition) is 1. The summed E-state index contributed by atoms with van der Waals surface area (Å²) in [6.45, 7) is -0.503. The maximum absolute atomic E-state index is 12.1. The molecule has 1 aromatic carbocycles. The standard InChI is InChI=1S/C11H14FNO2.ClH/c1-15-11(14)9-5-3-2-4-8(9)10(13)6-7-12;/h2-5,10H,6-7,13H2,1H3;1H/t10-;/m0./s1. The first kappa shape index (κ1) is 14.9. The highest BCUT2D eigenvalue weighted by molar-refractivity contribution is 5.91. The lowest BCUT2D eigenvalue weighted by atomic mass is 9.99. The van der Waals surface area contributed by atoms with E-state index in [2.05, 4.69) is 4.74 Å². The van der Waals surface area contributed by atoms with E-state index in [0.29, 0.717) is 11.1 Å². The van der Waals surface area contributed by atoms with Gasteiger partial charge in [-0.3, -0.25) is 4.39 Å². The van der Waals surface area contributed by atoms with Crippen molar-refractivity contribution in [2.45, 2.75) is 12.5 Å². The third kappa shape index (κ3) is 3.47. The van der Waals surface area contributed by atoms with Gasteiger partial charge < -0.3 is 10.5 Å². The van der Waals surface area contributed by atoms with Gasteiger partial charge in [0.25, 0.3) is 0 Å². The predicted octanol–water partition coefficient (Wildman–Crippen LogP) is 2.25. The normalized spacial score (nSPS) is 11.4. The number of alkyl halides is 1. The van der Waals surface area contributed by atoms with Crippen LogP contribution in [0.25, 0.3) is 0 Å². The van der Waals surface area contributed by atoms with Crippen molar-refractivity contribution in [1.29, 1.82) is 0 Å². The van der Waals surface area contributed by atoms with Gasteiger partial charge in [-0.25, -0.2) is 4.79 Å². The summed E-state index contributed by atoms with van der Waals surface area (Å²) in [5.41, 5.74) is 6.78. The smallest absolute Gasteiger partial charge is 0.338 e. The van der Waals surface area contributed by atoms with Gasteiger partial charge in [0.05, 0.1) is 19.3 Å². The van der Waals surface area contributed by atoms with Gasteiger partial charge in [0, 0.05) is 6.04 Å². The van der Waals surface area contributed by atoms with E-state index in [-0.39, 0.29) is 18.8 Å². The summed E-state index contributed by atoms with van der Waals surface area (Å²) in [5.74, 6) is -0.445. The number of halogens is 2.